The quantitative estimate of drug-likeness (QED) is 0.904. The molecule has 0 fully saturated rings. The second-order valence-electron chi connectivity index (χ2n) is 6.69. The van der Waals surface area contributed by atoms with Gasteiger partial charge in [-0.25, -0.2) is 0 Å². The Morgan fingerprint density at radius 1 is 1.20 bits per heavy atom. The number of fused-ring (bicyclic) bond motifs is 1. The second-order valence-corrected chi connectivity index (χ2v) is 6.69. The lowest BCUT2D eigenvalue weighted by Gasteiger charge is -2.38. The normalized spacial score (nSPS) is 17.8. The van der Waals surface area contributed by atoms with Crippen molar-refractivity contribution in [2.24, 2.45) is 0 Å². The third-order valence-corrected chi connectivity index (χ3v) is 4.13. The van der Waals surface area contributed by atoms with E-state index in [9.17, 15) is 4.79 Å². The van der Waals surface area contributed by atoms with Crippen LogP contribution < -0.4 is 19.5 Å². The lowest BCUT2D eigenvalue weighted by atomic mass is 9.89. The van der Waals surface area contributed by atoms with Gasteiger partial charge in [-0.1, -0.05) is 18.2 Å². The highest BCUT2D eigenvalue weighted by Crippen LogP contribution is 2.41. The molecule has 3 rings (SSSR count). The zero-order chi connectivity index (χ0) is 17.9. The van der Waals surface area contributed by atoms with Crippen molar-refractivity contribution in [2.45, 2.75) is 31.9 Å². The molecule has 1 unspecified atom stereocenters. The Morgan fingerprint density at radius 2 is 1.96 bits per heavy atom. The van der Waals surface area contributed by atoms with E-state index in [4.69, 9.17) is 14.2 Å². The van der Waals surface area contributed by atoms with Crippen molar-refractivity contribution in [2.75, 3.05) is 13.7 Å². The molecule has 1 atom stereocenters. The van der Waals surface area contributed by atoms with Gasteiger partial charge in [0.25, 0.3) is 5.91 Å². The number of ether oxygens (including phenoxy) is 3. The minimum absolute atomic E-state index is 0.0205. The molecule has 0 spiro atoms. The van der Waals surface area contributed by atoms with Gasteiger partial charge in [-0.15, -0.1) is 0 Å². The molecule has 5 nitrogen and oxygen atoms in total. The van der Waals surface area contributed by atoms with Crippen LogP contribution >= 0.6 is 0 Å². The van der Waals surface area contributed by atoms with Crippen molar-refractivity contribution in [1.82, 2.24) is 5.32 Å². The summed E-state index contributed by atoms with van der Waals surface area (Å²) in [5.41, 5.74) is 0.575. The smallest absolute Gasteiger partial charge is 0.258 e. The van der Waals surface area contributed by atoms with Gasteiger partial charge < -0.3 is 19.5 Å². The number of methoxy groups -OCH3 is 1. The van der Waals surface area contributed by atoms with Crippen molar-refractivity contribution < 1.29 is 19.0 Å². The highest BCUT2D eigenvalue weighted by molar-refractivity contribution is 5.78. The lowest BCUT2D eigenvalue weighted by molar-refractivity contribution is -0.124. The molecule has 0 aromatic heterocycles. The van der Waals surface area contributed by atoms with Crippen LogP contribution in [0.4, 0.5) is 0 Å². The Balaban J connectivity index is 1.70. The summed E-state index contributed by atoms with van der Waals surface area (Å²) in [7, 11) is 1.62. The average Bonchev–Trinajstić information content (AvgIpc) is 2.59. The van der Waals surface area contributed by atoms with Crippen LogP contribution in [0.3, 0.4) is 0 Å². The van der Waals surface area contributed by atoms with Crippen molar-refractivity contribution in [3.05, 3.63) is 54.1 Å². The molecule has 1 aliphatic heterocycles. The average molecular weight is 341 g/mol. The predicted molar refractivity (Wildman–Crippen MR) is 95.1 cm³/mol. The topological polar surface area (TPSA) is 56.8 Å². The van der Waals surface area contributed by atoms with E-state index in [1.165, 1.54) is 0 Å². The first-order valence-corrected chi connectivity index (χ1v) is 8.31. The SMILES string of the molecule is COc1ccc2c(c1)OC(C)(C)CC2NC(=O)COc1ccccc1. The number of hydrogen-bond donors (Lipinski definition) is 1. The fourth-order valence-corrected chi connectivity index (χ4v) is 2.99. The van der Waals surface area contributed by atoms with Gasteiger partial charge >= 0.3 is 0 Å². The summed E-state index contributed by atoms with van der Waals surface area (Å²) in [5.74, 6) is 1.99. The monoisotopic (exact) mass is 341 g/mol. The first kappa shape index (κ1) is 17.1. The van der Waals surface area contributed by atoms with Crippen LogP contribution in [0.5, 0.6) is 17.2 Å². The maximum Gasteiger partial charge on any atom is 0.258 e. The molecule has 1 N–H and O–H groups in total. The third kappa shape index (κ3) is 4.24. The van der Waals surface area contributed by atoms with Gasteiger partial charge in [-0.05, 0) is 38.1 Å². The summed E-state index contributed by atoms with van der Waals surface area (Å²) in [5, 5.41) is 3.05. The highest BCUT2D eigenvalue weighted by atomic mass is 16.5. The molecule has 0 bridgehead atoms. The van der Waals surface area contributed by atoms with E-state index < -0.39 is 0 Å². The molecule has 0 saturated heterocycles. The van der Waals surface area contributed by atoms with Crippen LogP contribution in [-0.2, 0) is 4.79 Å². The molecule has 1 amide bonds. The Bertz CT molecular complexity index is 743. The fraction of sp³-hybridized carbons (Fsp3) is 0.350. The summed E-state index contributed by atoms with van der Waals surface area (Å²) in [4.78, 5) is 12.3. The molecule has 132 valence electrons. The fourth-order valence-electron chi connectivity index (χ4n) is 2.99. The summed E-state index contributed by atoms with van der Waals surface area (Å²) < 4.78 is 16.8. The summed E-state index contributed by atoms with van der Waals surface area (Å²) >= 11 is 0. The van der Waals surface area contributed by atoms with E-state index >= 15 is 0 Å². The third-order valence-electron chi connectivity index (χ3n) is 4.13. The van der Waals surface area contributed by atoms with Crippen LogP contribution in [0.2, 0.25) is 0 Å². The van der Waals surface area contributed by atoms with E-state index in [0.717, 1.165) is 17.1 Å². The number of amides is 1. The molecular weight excluding hydrogens is 318 g/mol. The van der Waals surface area contributed by atoms with E-state index in [-0.39, 0.29) is 24.2 Å². The Morgan fingerprint density at radius 3 is 2.68 bits per heavy atom. The maximum absolute atomic E-state index is 12.3. The van der Waals surface area contributed by atoms with Crippen LogP contribution in [0.25, 0.3) is 0 Å². The Hall–Kier alpha value is -2.69. The summed E-state index contributed by atoms with van der Waals surface area (Å²) in [6.07, 6.45) is 0.684. The van der Waals surface area contributed by atoms with Gasteiger partial charge in [0.15, 0.2) is 6.61 Å². The first-order chi connectivity index (χ1) is 12.0. The van der Waals surface area contributed by atoms with Gasteiger partial charge in [0.1, 0.15) is 22.8 Å². The standard InChI is InChI=1S/C20H23NO4/c1-20(2)12-17(16-10-9-15(23-3)11-18(16)25-20)21-19(22)13-24-14-7-5-4-6-8-14/h4-11,17H,12-13H2,1-3H3,(H,21,22). The van der Waals surface area contributed by atoms with Crippen molar-refractivity contribution >= 4 is 5.91 Å². The number of hydrogen-bond acceptors (Lipinski definition) is 4. The van der Waals surface area contributed by atoms with Gasteiger partial charge in [-0.2, -0.15) is 0 Å². The molecule has 0 radical (unpaired) electrons. The number of carbonyl (C=O) groups is 1. The Labute approximate surface area is 147 Å². The molecule has 1 heterocycles. The van der Waals surface area contributed by atoms with Gasteiger partial charge in [-0.3, -0.25) is 4.79 Å². The lowest BCUT2D eigenvalue weighted by Crippen LogP contribution is -2.42. The minimum Gasteiger partial charge on any atom is -0.497 e. The zero-order valence-electron chi connectivity index (χ0n) is 14.7. The summed E-state index contributed by atoms with van der Waals surface area (Å²) in [6, 6.07) is 14.8. The zero-order valence-corrected chi connectivity index (χ0v) is 14.7. The number of benzene rings is 2. The minimum atomic E-state index is -0.377. The van der Waals surface area contributed by atoms with E-state index in [1.54, 1.807) is 7.11 Å². The van der Waals surface area contributed by atoms with Crippen LogP contribution in [0.1, 0.15) is 31.9 Å². The molecule has 25 heavy (non-hydrogen) atoms. The molecule has 1 aliphatic rings. The highest BCUT2D eigenvalue weighted by Gasteiger charge is 2.34. The predicted octanol–water partition coefficient (Wildman–Crippen LogP) is 3.49. The molecule has 2 aromatic carbocycles. The van der Waals surface area contributed by atoms with Crippen molar-refractivity contribution in [3.63, 3.8) is 0 Å². The van der Waals surface area contributed by atoms with Gasteiger partial charge in [0, 0.05) is 18.1 Å². The number of nitrogens with one attached hydrogen (secondary N) is 1. The maximum atomic E-state index is 12.3. The molecule has 2 aromatic rings. The van der Waals surface area contributed by atoms with Crippen LogP contribution in [0.15, 0.2) is 48.5 Å². The first-order valence-electron chi connectivity index (χ1n) is 8.31. The van der Waals surface area contributed by atoms with Gasteiger partial charge in [0.2, 0.25) is 0 Å². The van der Waals surface area contributed by atoms with E-state index in [2.05, 4.69) is 5.32 Å². The number of carbonyl (C=O) groups excluding carboxylic acids is 1. The molecule has 5 heteroatoms. The van der Waals surface area contributed by atoms with Gasteiger partial charge in [0.05, 0.1) is 13.2 Å². The van der Waals surface area contributed by atoms with Crippen molar-refractivity contribution in [1.29, 1.82) is 0 Å². The molecular formula is C20H23NO4. The number of para-hydroxylation sites is 1. The van der Waals surface area contributed by atoms with Crippen LogP contribution in [0, 0.1) is 0 Å². The Kier molecular flexibility index (Phi) is 4.83. The summed E-state index contributed by atoms with van der Waals surface area (Å²) in [6.45, 7) is 4.00. The van der Waals surface area contributed by atoms with E-state index in [1.807, 2.05) is 62.4 Å². The molecule has 0 saturated carbocycles. The second kappa shape index (κ2) is 7.05. The van der Waals surface area contributed by atoms with Crippen LogP contribution in [-0.4, -0.2) is 25.2 Å². The molecule has 0 aliphatic carbocycles. The van der Waals surface area contributed by atoms with Crippen molar-refractivity contribution in [3.8, 4) is 17.2 Å². The number of rotatable bonds is 5. The van der Waals surface area contributed by atoms with E-state index in [0.29, 0.717) is 12.2 Å². The largest absolute Gasteiger partial charge is 0.497 e.